The number of anilines is 1. The number of ether oxygens (including phenoxy) is 2. The first-order valence-corrected chi connectivity index (χ1v) is 15.4. The Morgan fingerprint density at radius 2 is 1.87 bits per heavy atom. The van der Waals surface area contributed by atoms with Crippen LogP contribution in [-0.2, 0) is 37.0 Å². The molecule has 15 nitrogen and oxygen atoms in total. The van der Waals surface area contributed by atoms with E-state index in [0.29, 0.717) is 76.8 Å². The molecule has 4 heterocycles. The lowest BCUT2D eigenvalue weighted by molar-refractivity contribution is -0.136. The van der Waals surface area contributed by atoms with E-state index in [-0.39, 0.29) is 36.5 Å². The van der Waals surface area contributed by atoms with Crippen LogP contribution in [0.2, 0.25) is 0 Å². The molecule has 15 heteroatoms. The number of hydrogen-bond acceptors (Lipinski definition) is 11. The quantitative estimate of drug-likeness (QED) is 0.152. The van der Waals surface area contributed by atoms with Gasteiger partial charge in [0.15, 0.2) is 0 Å². The fraction of sp³-hybridized carbons (Fsp3) is 0.516. The Bertz CT molecular complexity index is 1490. The van der Waals surface area contributed by atoms with E-state index in [1.54, 1.807) is 29.1 Å². The van der Waals surface area contributed by atoms with Crippen LogP contribution in [0.4, 0.5) is 5.69 Å². The summed E-state index contributed by atoms with van der Waals surface area (Å²) in [5.74, 6) is 0.605. The van der Waals surface area contributed by atoms with Crippen LogP contribution in [0, 0.1) is 12.3 Å². The van der Waals surface area contributed by atoms with Crippen LogP contribution in [-0.4, -0.2) is 124 Å². The molecule has 46 heavy (non-hydrogen) atoms. The summed E-state index contributed by atoms with van der Waals surface area (Å²) in [4.78, 5) is 67.4. The van der Waals surface area contributed by atoms with E-state index in [1.807, 2.05) is 4.90 Å². The monoisotopic (exact) mass is 634 g/mol. The number of aromatic nitrogens is 3. The van der Waals surface area contributed by atoms with Crippen LogP contribution in [0.5, 0.6) is 0 Å². The molecule has 0 bridgehead atoms. The minimum absolute atomic E-state index is 0.0628. The number of nitrogens with zero attached hydrogens (tertiary/aromatic N) is 6. The van der Waals surface area contributed by atoms with Gasteiger partial charge in [-0.3, -0.25) is 43.8 Å². The van der Waals surface area contributed by atoms with Gasteiger partial charge in [-0.15, -0.1) is 11.5 Å². The topological polar surface area (TPSA) is 168 Å². The highest BCUT2D eigenvalue weighted by Crippen LogP contribution is 2.32. The largest absolute Gasteiger partial charge is 0.382 e. The van der Waals surface area contributed by atoms with Gasteiger partial charge in [0.2, 0.25) is 17.7 Å². The molecule has 3 aliphatic rings. The zero-order chi connectivity index (χ0) is 32.5. The number of aryl methyl sites for hydroxylation is 1. The lowest BCUT2D eigenvalue weighted by atomic mass is 10.0. The summed E-state index contributed by atoms with van der Waals surface area (Å²) < 4.78 is 13.0. The third kappa shape index (κ3) is 7.94. The molecule has 0 saturated carbocycles. The smallest absolute Gasteiger partial charge is 0.264 e. The number of carbonyl (C=O) groups excluding carboxylic acids is 5. The molecule has 1 aromatic heterocycles. The normalized spacial score (nSPS) is 18.5. The third-order valence-corrected chi connectivity index (χ3v) is 8.06. The summed E-state index contributed by atoms with van der Waals surface area (Å²) in [5.41, 5.74) is 1.57. The molecule has 2 aromatic rings. The molecule has 0 aliphatic carbocycles. The molecule has 1 aromatic carbocycles. The molecular weight excluding hydrogens is 596 g/mol. The average Bonchev–Trinajstić information content (AvgIpc) is 3.60. The SMILES string of the molecule is C#CCN1CCN(C(=O)CCCn2cc(COCCOCCNc3cccc4c3C(=O)N(C3CCC(=O)NC3=O)C4=O)nn2)CC1. The summed E-state index contributed by atoms with van der Waals surface area (Å²) in [6, 6.07) is 3.89. The first-order valence-electron chi connectivity index (χ1n) is 15.4. The van der Waals surface area contributed by atoms with Gasteiger partial charge in [-0.1, -0.05) is 17.2 Å². The van der Waals surface area contributed by atoms with Gasteiger partial charge in [-0.2, -0.15) is 0 Å². The summed E-state index contributed by atoms with van der Waals surface area (Å²) >= 11 is 0. The number of piperidine rings is 1. The highest BCUT2D eigenvalue weighted by molar-refractivity contribution is 6.25. The number of carbonyl (C=O) groups is 5. The van der Waals surface area contributed by atoms with Crippen LogP contribution in [0.1, 0.15) is 52.1 Å². The van der Waals surface area contributed by atoms with E-state index >= 15 is 0 Å². The van der Waals surface area contributed by atoms with Crippen molar-refractivity contribution >= 4 is 35.2 Å². The fourth-order valence-electron chi connectivity index (χ4n) is 5.67. The molecule has 0 spiro atoms. The molecular formula is C31H38N8O7. The number of amides is 5. The molecule has 2 fully saturated rings. The minimum Gasteiger partial charge on any atom is -0.382 e. The Morgan fingerprint density at radius 1 is 1.07 bits per heavy atom. The van der Waals surface area contributed by atoms with Crippen molar-refractivity contribution in [1.29, 1.82) is 0 Å². The van der Waals surface area contributed by atoms with Crippen molar-refractivity contribution in [3.63, 3.8) is 0 Å². The summed E-state index contributed by atoms with van der Waals surface area (Å²) in [6.07, 6.45) is 8.45. The lowest BCUT2D eigenvalue weighted by Crippen LogP contribution is -2.54. The molecule has 2 N–H and O–H groups in total. The molecule has 244 valence electrons. The van der Waals surface area contributed by atoms with Crippen molar-refractivity contribution in [2.75, 3.05) is 64.4 Å². The van der Waals surface area contributed by atoms with Crippen LogP contribution >= 0.6 is 0 Å². The molecule has 5 amide bonds. The number of rotatable bonds is 15. The highest BCUT2D eigenvalue weighted by Gasteiger charge is 2.45. The minimum atomic E-state index is -1.02. The van der Waals surface area contributed by atoms with Crippen molar-refractivity contribution in [2.24, 2.45) is 0 Å². The van der Waals surface area contributed by atoms with Crippen molar-refractivity contribution in [3.8, 4) is 12.3 Å². The predicted molar refractivity (Wildman–Crippen MR) is 163 cm³/mol. The van der Waals surface area contributed by atoms with Gasteiger partial charge >= 0.3 is 0 Å². The second-order valence-electron chi connectivity index (χ2n) is 11.2. The molecule has 3 aliphatic heterocycles. The average molecular weight is 635 g/mol. The molecule has 2 saturated heterocycles. The fourth-order valence-corrected chi connectivity index (χ4v) is 5.67. The zero-order valence-electron chi connectivity index (χ0n) is 25.6. The first-order chi connectivity index (χ1) is 22.4. The number of hydrogen-bond donors (Lipinski definition) is 2. The molecule has 0 radical (unpaired) electrons. The van der Waals surface area contributed by atoms with E-state index in [9.17, 15) is 24.0 Å². The maximum atomic E-state index is 13.2. The summed E-state index contributed by atoms with van der Waals surface area (Å²) in [6.45, 7) is 5.87. The van der Waals surface area contributed by atoms with Crippen LogP contribution in [0.25, 0.3) is 0 Å². The molecule has 5 rings (SSSR count). The Balaban J connectivity index is 0.949. The summed E-state index contributed by atoms with van der Waals surface area (Å²) in [5, 5.41) is 13.6. The number of imide groups is 2. The van der Waals surface area contributed by atoms with Crippen molar-refractivity contribution < 1.29 is 33.4 Å². The number of nitrogens with one attached hydrogen (secondary N) is 2. The standard InChI is InChI=1S/C31H38N8O7/c1-2-11-36-13-15-37(16-14-36)27(41)7-4-12-38-20-22(34-35-38)21-46-19-18-45-17-10-32-24-6-3-5-23-28(24)31(44)39(30(23)43)25-8-9-26(40)33-29(25)42/h1,3,5-6,20,25,32H,4,7-19,21H2,(H,33,40,42). The van der Waals surface area contributed by atoms with Crippen molar-refractivity contribution in [2.45, 2.75) is 44.9 Å². The van der Waals surface area contributed by atoms with Crippen molar-refractivity contribution in [3.05, 3.63) is 41.2 Å². The molecule has 1 unspecified atom stereocenters. The van der Waals surface area contributed by atoms with Crippen LogP contribution in [0.3, 0.4) is 0 Å². The van der Waals surface area contributed by atoms with E-state index in [2.05, 4.69) is 31.8 Å². The van der Waals surface area contributed by atoms with E-state index in [0.717, 1.165) is 18.0 Å². The second kappa shape index (κ2) is 15.6. The van der Waals surface area contributed by atoms with Gasteiger partial charge in [0, 0.05) is 57.8 Å². The van der Waals surface area contributed by atoms with Crippen LogP contribution < -0.4 is 10.6 Å². The van der Waals surface area contributed by atoms with Gasteiger partial charge in [-0.25, -0.2) is 0 Å². The third-order valence-electron chi connectivity index (χ3n) is 8.06. The Hall–Kier alpha value is -4.65. The predicted octanol–water partition coefficient (Wildman–Crippen LogP) is -0.118. The maximum Gasteiger partial charge on any atom is 0.264 e. The maximum absolute atomic E-state index is 13.2. The first kappa shape index (κ1) is 32.7. The number of benzene rings is 1. The van der Waals surface area contributed by atoms with Crippen molar-refractivity contribution in [1.82, 2.24) is 35.0 Å². The second-order valence-corrected chi connectivity index (χ2v) is 11.2. The van der Waals surface area contributed by atoms with Gasteiger partial charge in [-0.05, 0) is 25.0 Å². The summed E-state index contributed by atoms with van der Waals surface area (Å²) in [7, 11) is 0. The molecule has 1 atom stereocenters. The Kier molecular flexibility index (Phi) is 11.1. The Morgan fingerprint density at radius 3 is 2.65 bits per heavy atom. The van der Waals surface area contributed by atoms with Gasteiger partial charge < -0.3 is 19.7 Å². The van der Waals surface area contributed by atoms with E-state index in [1.165, 1.54) is 0 Å². The van der Waals surface area contributed by atoms with Crippen LogP contribution in [0.15, 0.2) is 24.4 Å². The van der Waals surface area contributed by atoms with Gasteiger partial charge in [0.25, 0.3) is 11.8 Å². The van der Waals surface area contributed by atoms with Gasteiger partial charge in [0.1, 0.15) is 11.7 Å². The number of terminal acetylenes is 1. The number of piperazine rings is 1. The van der Waals surface area contributed by atoms with E-state index in [4.69, 9.17) is 15.9 Å². The zero-order valence-corrected chi connectivity index (χ0v) is 25.6. The van der Waals surface area contributed by atoms with E-state index < -0.39 is 29.7 Å². The Labute approximate surface area is 266 Å². The number of fused-ring (bicyclic) bond motifs is 1. The van der Waals surface area contributed by atoms with Gasteiger partial charge in [0.05, 0.1) is 50.3 Å². The highest BCUT2D eigenvalue weighted by atomic mass is 16.5. The lowest BCUT2D eigenvalue weighted by Gasteiger charge is -2.33.